The van der Waals surface area contributed by atoms with Gasteiger partial charge in [0.25, 0.3) is 5.91 Å². The molecule has 118 valence electrons. The number of likely N-dealkylation sites (tertiary alicyclic amines) is 1. The minimum Gasteiger partial charge on any atom is -0.481 e. The van der Waals surface area contributed by atoms with Crippen LogP contribution in [0.2, 0.25) is 0 Å². The Labute approximate surface area is 124 Å². The highest BCUT2D eigenvalue weighted by Crippen LogP contribution is 2.21. The summed E-state index contributed by atoms with van der Waals surface area (Å²) in [5, 5.41) is 11.6. The van der Waals surface area contributed by atoms with Gasteiger partial charge in [0.05, 0.1) is 6.42 Å². The summed E-state index contributed by atoms with van der Waals surface area (Å²) in [4.78, 5) is 38.1. The normalized spacial score (nSPS) is 26.0. The fraction of sp³-hybridized carbons (Fsp3) is 0.786. The molecule has 0 radical (unpaired) electrons. The maximum Gasteiger partial charge on any atom is 0.325 e. The van der Waals surface area contributed by atoms with E-state index in [1.807, 2.05) is 0 Å². The predicted octanol–water partition coefficient (Wildman–Crippen LogP) is 0.646. The van der Waals surface area contributed by atoms with Crippen LogP contribution < -0.4 is 5.32 Å². The highest BCUT2D eigenvalue weighted by Gasteiger charge is 2.44. The molecule has 0 aliphatic carbocycles. The molecule has 7 nitrogen and oxygen atoms in total. The number of hydrogen-bond donors (Lipinski definition) is 2. The zero-order chi connectivity index (χ0) is 15.6. The lowest BCUT2D eigenvalue weighted by molar-refractivity contribution is -0.139. The Morgan fingerprint density at radius 3 is 2.62 bits per heavy atom. The van der Waals surface area contributed by atoms with Crippen molar-refractivity contribution in [3.05, 3.63) is 0 Å². The second-order valence-corrected chi connectivity index (χ2v) is 6.30. The van der Waals surface area contributed by atoms with Crippen LogP contribution in [0.4, 0.5) is 4.79 Å². The third-order valence-corrected chi connectivity index (χ3v) is 4.21. The zero-order valence-electron chi connectivity index (χ0n) is 12.6. The third kappa shape index (κ3) is 3.53. The molecule has 3 amide bonds. The average Bonchev–Trinajstić information content (AvgIpc) is 2.58. The van der Waals surface area contributed by atoms with Gasteiger partial charge in [0.1, 0.15) is 5.54 Å². The van der Waals surface area contributed by atoms with Gasteiger partial charge >= 0.3 is 12.0 Å². The van der Waals surface area contributed by atoms with Crippen molar-refractivity contribution >= 4 is 17.9 Å². The van der Waals surface area contributed by atoms with Crippen LogP contribution in [0.5, 0.6) is 0 Å². The molecule has 1 atom stereocenters. The molecule has 0 aromatic rings. The lowest BCUT2D eigenvalue weighted by Gasteiger charge is -2.35. The number of amides is 3. The van der Waals surface area contributed by atoms with Crippen molar-refractivity contribution in [1.82, 2.24) is 15.1 Å². The van der Waals surface area contributed by atoms with Crippen LogP contribution in [0.15, 0.2) is 0 Å². The molecule has 0 spiro atoms. The van der Waals surface area contributed by atoms with E-state index in [2.05, 4.69) is 10.2 Å². The monoisotopic (exact) mass is 297 g/mol. The molecule has 2 aliphatic heterocycles. The second kappa shape index (κ2) is 6.01. The van der Waals surface area contributed by atoms with Crippen molar-refractivity contribution in [2.75, 3.05) is 19.6 Å². The summed E-state index contributed by atoms with van der Waals surface area (Å²) in [7, 11) is 0. The third-order valence-electron chi connectivity index (χ3n) is 4.21. The molecule has 2 heterocycles. The van der Waals surface area contributed by atoms with E-state index in [1.54, 1.807) is 13.8 Å². The summed E-state index contributed by atoms with van der Waals surface area (Å²) in [5.41, 5.74) is -0.848. The van der Waals surface area contributed by atoms with Gasteiger partial charge in [0.15, 0.2) is 0 Å². The Morgan fingerprint density at radius 2 is 2.05 bits per heavy atom. The first kappa shape index (κ1) is 15.8. The molecule has 2 rings (SSSR count). The smallest absolute Gasteiger partial charge is 0.325 e. The van der Waals surface area contributed by atoms with E-state index in [-0.39, 0.29) is 24.4 Å². The van der Waals surface area contributed by atoms with E-state index in [9.17, 15) is 14.4 Å². The maximum atomic E-state index is 12.1. The Hall–Kier alpha value is -1.63. The van der Waals surface area contributed by atoms with Crippen molar-refractivity contribution in [1.29, 1.82) is 0 Å². The summed E-state index contributed by atoms with van der Waals surface area (Å²) < 4.78 is 0. The Balaban J connectivity index is 1.93. The first-order valence-corrected chi connectivity index (χ1v) is 7.41. The summed E-state index contributed by atoms with van der Waals surface area (Å²) in [5.74, 6) is -1.03. The molecule has 7 heteroatoms. The molecule has 0 aromatic heterocycles. The van der Waals surface area contributed by atoms with Gasteiger partial charge in [-0.1, -0.05) is 6.42 Å². The van der Waals surface area contributed by atoms with Crippen molar-refractivity contribution in [3.8, 4) is 0 Å². The van der Waals surface area contributed by atoms with Crippen LogP contribution in [-0.4, -0.2) is 64.0 Å². The number of piperidine rings is 1. The summed E-state index contributed by atoms with van der Waals surface area (Å²) in [6.07, 6.45) is 3.04. The molecular formula is C14H23N3O4. The van der Waals surface area contributed by atoms with Crippen LogP contribution >= 0.6 is 0 Å². The van der Waals surface area contributed by atoms with Crippen LogP contribution in [-0.2, 0) is 9.59 Å². The summed E-state index contributed by atoms with van der Waals surface area (Å²) in [6.45, 7) is 5.03. The zero-order valence-corrected chi connectivity index (χ0v) is 12.6. The van der Waals surface area contributed by atoms with Crippen molar-refractivity contribution in [2.45, 2.75) is 51.1 Å². The lowest BCUT2D eigenvalue weighted by atomic mass is 9.99. The van der Waals surface area contributed by atoms with Crippen LogP contribution in [0.25, 0.3) is 0 Å². The molecule has 2 N–H and O–H groups in total. The Morgan fingerprint density at radius 1 is 1.33 bits per heavy atom. The van der Waals surface area contributed by atoms with Gasteiger partial charge in [-0.05, 0) is 33.2 Å². The van der Waals surface area contributed by atoms with E-state index in [0.29, 0.717) is 13.1 Å². The van der Waals surface area contributed by atoms with Gasteiger partial charge in [-0.3, -0.25) is 19.4 Å². The number of hydrogen-bond acceptors (Lipinski definition) is 4. The van der Waals surface area contributed by atoms with Gasteiger partial charge in [-0.15, -0.1) is 0 Å². The molecule has 0 aromatic carbocycles. The van der Waals surface area contributed by atoms with E-state index in [1.165, 1.54) is 4.90 Å². The van der Waals surface area contributed by atoms with Gasteiger partial charge in [0.2, 0.25) is 0 Å². The Bertz CT molecular complexity index is 450. The fourth-order valence-corrected chi connectivity index (χ4v) is 3.04. The molecule has 21 heavy (non-hydrogen) atoms. The second-order valence-electron chi connectivity index (χ2n) is 6.30. The van der Waals surface area contributed by atoms with Gasteiger partial charge in [-0.25, -0.2) is 4.79 Å². The van der Waals surface area contributed by atoms with Gasteiger partial charge < -0.3 is 10.4 Å². The summed E-state index contributed by atoms with van der Waals surface area (Å²) in [6, 6.07) is -0.359. The van der Waals surface area contributed by atoms with Crippen molar-refractivity contribution in [2.24, 2.45) is 0 Å². The highest BCUT2D eigenvalue weighted by atomic mass is 16.4. The number of carbonyl (C=O) groups is 3. The molecule has 0 saturated carbocycles. The largest absolute Gasteiger partial charge is 0.481 e. The predicted molar refractivity (Wildman–Crippen MR) is 75.8 cm³/mol. The van der Waals surface area contributed by atoms with E-state index < -0.39 is 11.5 Å². The molecular weight excluding hydrogens is 274 g/mol. The van der Waals surface area contributed by atoms with E-state index in [4.69, 9.17) is 5.11 Å². The van der Waals surface area contributed by atoms with Gasteiger partial charge in [-0.2, -0.15) is 0 Å². The SMILES string of the molecule is CC1(C)NC(=O)N(CCN2CCCCC2CC(=O)O)C1=O. The average molecular weight is 297 g/mol. The minimum atomic E-state index is -0.848. The molecule has 2 saturated heterocycles. The van der Waals surface area contributed by atoms with Gasteiger partial charge in [0, 0.05) is 19.1 Å². The number of nitrogens with zero attached hydrogens (tertiary/aromatic N) is 2. The first-order valence-electron chi connectivity index (χ1n) is 7.41. The number of rotatable bonds is 5. The minimum absolute atomic E-state index is 0.00465. The number of urea groups is 1. The molecule has 2 aliphatic rings. The standard InChI is InChI=1S/C14H23N3O4/c1-14(2)12(20)17(13(21)15-14)8-7-16-6-4-3-5-10(16)9-11(18)19/h10H,3-9H2,1-2H3,(H,15,21)(H,18,19). The molecule has 1 unspecified atom stereocenters. The van der Waals surface area contributed by atoms with Crippen molar-refractivity contribution in [3.63, 3.8) is 0 Å². The first-order chi connectivity index (χ1) is 9.81. The van der Waals surface area contributed by atoms with E-state index in [0.717, 1.165) is 25.8 Å². The summed E-state index contributed by atoms with van der Waals surface area (Å²) >= 11 is 0. The number of nitrogens with one attached hydrogen (secondary N) is 1. The number of imide groups is 1. The van der Waals surface area contributed by atoms with Crippen molar-refractivity contribution < 1.29 is 19.5 Å². The number of carboxylic acids is 1. The van der Waals surface area contributed by atoms with E-state index >= 15 is 0 Å². The Kier molecular flexibility index (Phi) is 4.51. The fourth-order valence-electron chi connectivity index (χ4n) is 3.04. The quantitative estimate of drug-likeness (QED) is 0.727. The molecule has 2 fully saturated rings. The lowest BCUT2D eigenvalue weighted by Crippen LogP contribution is -2.46. The number of carboxylic acid groups (broad SMARTS) is 1. The number of carbonyl (C=O) groups excluding carboxylic acids is 2. The van der Waals surface area contributed by atoms with Crippen LogP contribution in [0, 0.1) is 0 Å². The maximum absolute atomic E-state index is 12.1. The highest BCUT2D eigenvalue weighted by molar-refractivity contribution is 6.06. The van der Waals surface area contributed by atoms with Crippen LogP contribution in [0.3, 0.4) is 0 Å². The van der Waals surface area contributed by atoms with Crippen LogP contribution in [0.1, 0.15) is 39.5 Å². The topological polar surface area (TPSA) is 90.0 Å². The number of aliphatic carboxylic acids is 1. The molecule has 0 bridgehead atoms.